The largest absolute Gasteiger partial charge is 0.384 e. The number of nitrogens with two attached hydrogens (primary N) is 1. The summed E-state index contributed by atoms with van der Waals surface area (Å²) in [5.41, 5.74) is 10.3. The van der Waals surface area contributed by atoms with Crippen molar-refractivity contribution in [1.82, 2.24) is 4.57 Å². The Morgan fingerprint density at radius 1 is 0.667 bits per heavy atom. The van der Waals surface area contributed by atoms with Gasteiger partial charge in [-0.05, 0) is 42.0 Å². The van der Waals surface area contributed by atoms with E-state index >= 15 is 0 Å². The first-order valence-electron chi connectivity index (χ1n) is 9.20. The summed E-state index contributed by atoms with van der Waals surface area (Å²) in [6, 6.07) is 30.4. The van der Waals surface area contributed by atoms with Gasteiger partial charge in [0.1, 0.15) is 23.5 Å². The first-order chi connectivity index (χ1) is 14.7. The van der Waals surface area contributed by atoms with Gasteiger partial charge in [0.25, 0.3) is 0 Å². The SMILES string of the molecule is N#Cc1c(C#N)c(-c2ccccc2)n(-c2ccc(N=Nc3ccccc3)cc2)c1N. The van der Waals surface area contributed by atoms with Gasteiger partial charge in [-0.15, -0.1) is 0 Å². The summed E-state index contributed by atoms with van der Waals surface area (Å²) < 4.78 is 1.73. The number of benzene rings is 3. The van der Waals surface area contributed by atoms with Crippen LogP contribution in [0.1, 0.15) is 11.1 Å². The summed E-state index contributed by atoms with van der Waals surface area (Å²) in [5, 5.41) is 27.7. The van der Waals surface area contributed by atoms with Crippen LogP contribution in [0, 0.1) is 22.7 Å². The van der Waals surface area contributed by atoms with Gasteiger partial charge in [0, 0.05) is 5.69 Å². The van der Waals surface area contributed by atoms with Crippen molar-refractivity contribution < 1.29 is 0 Å². The third-order valence-corrected chi connectivity index (χ3v) is 4.62. The molecule has 1 aromatic heterocycles. The quantitative estimate of drug-likeness (QED) is 0.441. The standard InChI is InChI=1S/C24H16N6/c25-15-21-22(16-26)24(27)30(23(21)17-7-3-1-4-8-17)20-13-11-19(12-14-20)29-28-18-9-5-2-6-10-18/h1-14H,27H2. The molecule has 0 aliphatic carbocycles. The summed E-state index contributed by atoms with van der Waals surface area (Å²) in [4.78, 5) is 0. The molecule has 0 fully saturated rings. The van der Waals surface area contributed by atoms with Crippen molar-refractivity contribution in [1.29, 1.82) is 10.5 Å². The van der Waals surface area contributed by atoms with Crippen molar-refractivity contribution in [2.45, 2.75) is 0 Å². The predicted octanol–water partition coefficient (Wildman–Crippen LogP) is 5.89. The van der Waals surface area contributed by atoms with Crippen LogP contribution in [-0.2, 0) is 0 Å². The van der Waals surface area contributed by atoms with Crippen LogP contribution in [0.2, 0.25) is 0 Å². The van der Waals surface area contributed by atoms with Crippen molar-refractivity contribution in [3.63, 3.8) is 0 Å². The molecule has 0 aliphatic rings. The molecule has 4 aromatic rings. The van der Waals surface area contributed by atoms with Gasteiger partial charge in [0.15, 0.2) is 0 Å². The lowest BCUT2D eigenvalue weighted by molar-refractivity contribution is 1.09. The Balaban J connectivity index is 1.79. The molecule has 0 radical (unpaired) electrons. The summed E-state index contributed by atoms with van der Waals surface area (Å²) in [5.74, 6) is 0.228. The Kier molecular flexibility index (Phi) is 5.06. The fourth-order valence-corrected chi connectivity index (χ4v) is 3.23. The zero-order valence-corrected chi connectivity index (χ0v) is 15.9. The minimum Gasteiger partial charge on any atom is -0.384 e. The zero-order valence-electron chi connectivity index (χ0n) is 15.9. The van der Waals surface area contributed by atoms with Gasteiger partial charge < -0.3 is 5.73 Å². The summed E-state index contributed by atoms with van der Waals surface area (Å²) in [6.45, 7) is 0. The number of anilines is 1. The molecule has 0 bridgehead atoms. The van der Waals surface area contributed by atoms with Gasteiger partial charge in [0.2, 0.25) is 0 Å². The highest BCUT2D eigenvalue weighted by Gasteiger charge is 2.23. The molecule has 6 heteroatoms. The van der Waals surface area contributed by atoms with Crippen molar-refractivity contribution in [3.05, 3.63) is 96.1 Å². The van der Waals surface area contributed by atoms with Gasteiger partial charge in [-0.2, -0.15) is 20.8 Å². The number of hydrogen-bond acceptors (Lipinski definition) is 5. The highest BCUT2D eigenvalue weighted by Crippen LogP contribution is 2.36. The molecule has 1 heterocycles. The lowest BCUT2D eigenvalue weighted by Gasteiger charge is -2.12. The third-order valence-electron chi connectivity index (χ3n) is 4.62. The Morgan fingerprint density at radius 3 is 1.77 bits per heavy atom. The van der Waals surface area contributed by atoms with Crippen LogP contribution in [0.15, 0.2) is 95.2 Å². The molecule has 0 spiro atoms. The van der Waals surface area contributed by atoms with E-state index in [-0.39, 0.29) is 16.9 Å². The molecule has 3 aromatic carbocycles. The highest BCUT2D eigenvalue weighted by molar-refractivity contribution is 5.80. The van der Waals surface area contributed by atoms with Gasteiger partial charge in [-0.3, -0.25) is 4.57 Å². The number of nitrogens with zero attached hydrogens (tertiary/aromatic N) is 5. The van der Waals surface area contributed by atoms with Gasteiger partial charge in [-0.1, -0.05) is 48.5 Å². The second-order valence-corrected chi connectivity index (χ2v) is 6.46. The first kappa shape index (κ1) is 18.7. The first-order valence-corrected chi connectivity index (χ1v) is 9.20. The molecule has 142 valence electrons. The second-order valence-electron chi connectivity index (χ2n) is 6.46. The predicted molar refractivity (Wildman–Crippen MR) is 116 cm³/mol. The smallest absolute Gasteiger partial charge is 0.128 e. The molecule has 0 unspecified atom stereocenters. The Bertz CT molecular complexity index is 1290. The molecule has 0 aliphatic heterocycles. The van der Waals surface area contributed by atoms with E-state index in [1.54, 1.807) is 4.57 Å². The van der Waals surface area contributed by atoms with E-state index in [1.165, 1.54) is 0 Å². The van der Waals surface area contributed by atoms with Gasteiger partial charge in [0.05, 0.1) is 22.6 Å². The molecule has 4 rings (SSSR count). The van der Waals surface area contributed by atoms with E-state index in [1.807, 2.05) is 84.9 Å². The number of azo groups is 1. The van der Waals surface area contributed by atoms with E-state index in [0.29, 0.717) is 11.4 Å². The molecule has 2 N–H and O–H groups in total. The van der Waals surface area contributed by atoms with Gasteiger partial charge >= 0.3 is 0 Å². The van der Waals surface area contributed by atoms with Crippen LogP contribution in [0.3, 0.4) is 0 Å². The second kappa shape index (κ2) is 8.14. The van der Waals surface area contributed by atoms with Crippen LogP contribution in [0.25, 0.3) is 16.9 Å². The molecule has 0 atom stereocenters. The van der Waals surface area contributed by atoms with Crippen LogP contribution < -0.4 is 5.73 Å². The van der Waals surface area contributed by atoms with Crippen molar-refractivity contribution >= 4 is 17.2 Å². The van der Waals surface area contributed by atoms with Crippen molar-refractivity contribution in [2.75, 3.05) is 5.73 Å². The molecular formula is C24H16N6. The summed E-state index contributed by atoms with van der Waals surface area (Å²) >= 11 is 0. The molecule has 0 amide bonds. The molecule has 0 saturated heterocycles. The fourth-order valence-electron chi connectivity index (χ4n) is 3.23. The van der Waals surface area contributed by atoms with Crippen molar-refractivity contribution in [2.24, 2.45) is 10.2 Å². The molecular weight excluding hydrogens is 372 g/mol. The maximum atomic E-state index is 9.70. The fraction of sp³-hybridized carbons (Fsp3) is 0. The molecule has 0 saturated carbocycles. The van der Waals surface area contributed by atoms with E-state index in [4.69, 9.17) is 5.73 Å². The number of aromatic nitrogens is 1. The van der Waals surface area contributed by atoms with E-state index in [2.05, 4.69) is 22.4 Å². The maximum absolute atomic E-state index is 9.70. The molecule has 30 heavy (non-hydrogen) atoms. The topological polar surface area (TPSA) is 103 Å². The average molecular weight is 388 g/mol. The normalized spacial score (nSPS) is 10.6. The van der Waals surface area contributed by atoms with E-state index in [0.717, 1.165) is 16.9 Å². The summed E-state index contributed by atoms with van der Waals surface area (Å²) in [7, 11) is 0. The number of nitriles is 2. The minimum absolute atomic E-state index is 0.171. The van der Waals surface area contributed by atoms with Crippen LogP contribution >= 0.6 is 0 Å². The summed E-state index contributed by atoms with van der Waals surface area (Å²) in [6.07, 6.45) is 0. The lowest BCUT2D eigenvalue weighted by Crippen LogP contribution is -2.02. The maximum Gasteiger partial charge on any atom is 0.128 e. The van der Waals surface area contributed by atoms with Gasteiger partial charge in [-0.25, -0.2) is 0 Å². The highest BCUT2D eigenvalue weighted by atomic mass is 15.1. The van der Waals surface area contributed by atoms with Crippen molar-refractivity contribution in [3.8, 4) is 29.1 Å². The Hall–Kier alpha value is -4.68. The molecule has 6 nitrogen and oxygen atoms in total. The van der Waals surface area contributed by atoms with Crippen LogP contribution in [0.5, 0.6) is 0 Å². The third kappa shape index (κ3) is 3.42. The average Bonchev–Trinajstić information content (AvgIpc) is 3.10. The number of hydrogen-bond donors (Lipinski definition) is 1. The number of nitrogen functional groups attached to an aromatic ring is 1. The monoisotopic (exact) mass is 388 g/mol. The van der Waals surface area contributed by atoms with Crippen LogP contribution in [0.4, 0.5) is 17.2 Å². The number of rotatable bonds is 4. The lowest BCUT2D eigenvalue weighted by atomic mass is 10.1. The van der Waals surface area contributed by atoms with Crippen LogP contribution in [-0.4, -0.2) is 4.57 Å². The van der Waals surface area contributed by atoms with E-state index in [9.17, 15) is 10.5 Å². The Morgan fingerprint density at radius 2 is 1.20 bits per heavy atom. The Labute approximate surface area is 173 Å². The minimum atomic E-state index is 0.171. The zero-order chi connectivity index (χ0) is 20.9. The van der Waals surface area contributed by atoms with E-state index < -0.39 is 0 Å².